The predicted molar refractivity (Wildman–Crippen MR) is 95.8 cm³/mol. The van der Waals surface area contributed by atoms with Crippen molar-refractivity contribution < 1.29 is 19.2 Å². The van der Waals surface area contributed by atoms with Gasteiger partial charge in [-0.15, -0.1) is 0 Å². The molecule has 1 amide bonds. The number of hydrogen-bond acceptors (Lipinski definition) is 6. The van der Waals surface area contributed by atoms with E-state index in [4.69, 9.17) is 15.0 Å². The minimum absolute atomic E-state index is 0.128. The maximum absolute atomic E-state index is 12.5. The quantitative estimate of drug-likeness (QED) is 0.669. The summed E-state index contributed by atoms with van der Waals surface area (Å²) in [6.45, 7) is 0.304. The summed E-state index contributed by atoms with van der Waals surface area (Å²) in [7, 11) is 0. The Morgan fingerprint density at radius 3 is 2.77 bits per heavy atom. The van der Waals surface area contributed by atoms with Crippen LogP contribution in [-0.4, -0.2) is 22.8 Å². The molecule has 1 atom stereocenters. The maximum atomic E-state index is 12.5. The number of rotatable bonds is 3. The molecule has 0 saturated carbocycles. The molecule has 2 heterocycles. The number of amides is 1. The van der Waals surface area contributed by atoms with Gasteiger partial charge < -0.3 is 25.4 Å². The molecule has 0 radical (unpaired) electrons. The first-order chi connectivity index (χ1) is 12.6. The van der Waals surface area contributed by atoms with Crippen LogP contribution in [0.5, 0.6) is 11.5 Å². The Bertz CT molecular complexity index is 950. The van der Waals surface area contributed by atoms with Crippen molar-refractivity contribution in [2.24, 2.45) is 5.92 Å². The summed E-state index contributed by atoms with van der Waals surface area (Å²) in [4.78, 5) is 12.5. The highest BCUT2D eigenvalue weighted by Crippen LogP contribution is 2.31. The second-order valence-corrected chi connectivity index (χ2v) is 6.17. The van der Waals surface area contributed by atoms with E-state index in [0.717, 1.165) is 11.1 Å². The molecule has 1 aliphatic heterocycles. The van der Waals surface area contributed by atoms with Crippen LogP contribution < -0.4 is 15.8 Å². The molecule has 0 saturated heterocycles. The van der Waals surface area contributed by atoms with Crippen molar-refractivity contribution in [1.82, 2.24) is 5.16 Å². The van der Waals surface area contributed by atoms with Crippen LogP contribution in [0.15, 0.2) is 53.2 Å². The van der Waals surface area contributed by atoms with Crippen molar-refractivity contribution in [3.05, 3.63) is 54.2 Å². The van der Waals surface area contributed by atoms with Crippen molar-refractivity contribution in [3.63, 3.8) is 0 Å². The number of ether oxygens (including phenoxy) is 1. The number of nitrogen functional groups attached to an aromatic ring is 1. The minimum Gasteiger partial charge on any atom is -0.508 e. The van der Waals surface area contributed by atoms with Crippen LogP contribution in [-0.2, 0) is 11.2 Å². The minimum atomic E-state index is -0.322. The van der Waals surface area contributed by atoms with Crippen molar-refractivity contribution in [1.29, 1.82) is 0 Å². The molecule has 0 aliphatic carbocycles. The maximum Gasteiger partial charge on any atom is 0.231 e. The number of aromatic nitrogens is 1. The molecular formula is C19H17N3O4. The molecule has 3 aromatic rings. The van der Waals surface area contributed by atoms with Crippen LogP contribution in [0.25, 0.3) is 11.1 Å². The molecule has 4 N–H and O–H groups in total. The van der Waals surface area contributed by atoms with E-state index >= 15 is 0 Å². The SMILES string of the molecule is Nc1oncc1-c1ccc(NC(=O)C2COc3ccc(O)cc3C2)cc1. The average Bonchev–Trinajstić information content (AvgIpc) is 3.07. The van der Waals surface area contributed by atoms with Crippen LogP contribution >= 0.6 is 0 Å². The topological polar surface area (TPSA) is 111 Å². The molecule has 7 heteroatoms. The third kappa shape index (κ3) is 3.06. The second-order valence-electron chi connectivity index (χ2n) is 6.17. The fraction of sp³-hybridized carbons (Fsp3) is 0.158. The monoisotopic (exact) mass is 351 g/mol. The van der Waals surface area contributed by atoms with Gasteiger partial charge in [0.2, 0.25) is 11.8 Å². The Morgan fingerprint density at radius 1 is 1.23 bits per heavy atom. The van der Waals surface area contributed by atoms with Crippen LogP contribution in [0.4, 0.5) is 11.6 Å². The summed E-state index contributed by atoms with van der Waals surface area (Å²) in [5, 5.41) is 16.1. The molecule has 7 nitrogen and oxygen atoms in total. The number of anilines is 2. The standard InChI is InChI=1S/C19H17N3O4/c20-18-16(9-21-26-18)11-1-3-14(4-2-11)22-19(24)13-7-12-8-15(23)5-6-17(12)25-10-13/h1-6,8-9,13,23H,7,10,20H2,(H,22,24). The fourth-order valence-electron chi connectivity index (χ4n) is 2.99. The Kier molecular flexibility index (Phi) is 3.96. The molecule has 1 aliphatic rings. The summed E-state index contributed by atoms with van der Waals surface area (Å²) in [5.41, 5.74) is 8.77. The van der Waals surface area contributed by atoms with Crippen LogP contribution in [0, 0.1) is 5.92 Å². The lowest BCUT2D eigenvalue weighted by atomic mass is 9.95. The summed E-state index contributed by atoms with van der Waals surface area (Å²) >= 11 is 0. The van der Waals surface area contributed by atoms with Gasteiger partial charge in [0.25, 0.3) is 0 Å². The molecular weight excluding hydrogens is 334 g/mol. The summed E-state index contributed by atoms with van der Waals surface area (Å²) in [6.07, 6.45) is 2.07. The number of nitrogens with zero attached hydrogens (tertiary/aromatic N) is 1. The van der Waals surface area contributed by atoms with Gasteiger partial charge in [0.15, 0.2) is 0 Å². The van der Waals surface area contributed by atoms with Gasteiger partial charge in [0, 0.05) is 5.69 Å². The zero-order chi connectivity index (χ0) is 18.1. The van der Waals surface area contributed by atoms with Crippen LogP contribution in [0.2, 0.25) is 0 Å². The van der Waals surface area contributed by atoms with E-state index in [-0.39, 0.29) is 23.5 Å². The van der Waals surface area contributed by atoms with E-state index in [0.29, 0.717) is 30.0 Å². The Balaban J connectivity index is 1.44. The van der Waals surface area contributed by atoms with Gasteiger partial charge in [0.05, 0.1) is 17.7 Å². The summed E-state index contributed by atoms with van der Waals surface area (Å²) in [5.74, 6) is 0.677. The number of phenols is 1. The lowest BCUT2D eigenvalue weighted by Gasteiger charge is -2.24. The molecule has 0 spiro atoms. The first-order valence-corrected chi connectivity index (χ1v) is 8.16. The van der Waals surface area contributed by atoms with Crippen molar-refractivity contribution in [2.45, 2.75) is 6.42 Å². The summed E-state index contributed by atoms with van der Waals surface area (Å²) in [6, 6.07) is 12.2. The van der Waals surface area contributed by atoms with E-state index in [9.17, 15) is 9.90 Å². The molecule has 2 aromatic carbocycles. The van der Waals surface area contributed by atoms with E-state index in [2.05, 4.69) is 10.5 Å². The first kappa shape index (κ1) is 16.0. The van der Waals surface area contributed by atoms with Crippen LogP contribution in [0.1, 0.15) is 5.56 Å². The first-order valence-electron chi connectivity index (χ1n) is 8.16. The van der Waals surface area contributed by atoms with E-state index in [1.165, 1.54) is 0 Å². The Hall–Kier alpha value is -3.48. The highest BCUT2D eigenvalue weighted by atomic mass is 16.5. The molecule has 1 unspecified atom stereocenters. The highest BCUT2D eigenvalue weighted by Gasteiger charge is 2.26. The molecule has 4 rings (SSSR count). The zero-order valence-corrected chi connectivity index (χ0v) is 13.8. The van der Waals surface area contributed by atoms with Crippen molar-refractivity contribution >= 4 is 17.5 Å². The Labute approximate surface area is 149 Å². The zero-order valence-electron chi connectivity index (χ0n) is 13.8. The van der Waals surface area contributed by atoms with Crippen molar-refractivity contribution in [2.75, 3.05) is 17.7 Å². The smallest absolute Gasteiger partial charge is 0.231 e. The van der Waals surface area contributed by atoms with Gasteiger partial charge in [-0.05, 0) is 47.9 Å². The second kappa shape index (κ2) is 6.44. The van der Waals surface area contributed by atoms with Gasteiger partial charge in [-0.3, -0.25) is 4.79 Å². The third-order valence-corrected chi connectivity index (χ3v) is 4.38. The molecule has 132 valence electrons. The largest absolute Gasteiger partial charge is 0.508 e. The summed E-state index contributed by atoms with van der Waals surface area (Å²) < 4.78 is 10.5. The van der Waals surface area contributed by atoms with E-state index in [1.807, 2.05) is 12.1 Å². The third-order valence-electron chi connectivity index (χ3n) is 4.38. The number of nitrogens with one attached hydrogen (secondary N) is 1. The number of benzene rings is 2. The highest BCUT2D eigenvalue weighted by molar-refractivity contribution is 5.93. The number of nitrogens with two attached hydrogens (primary N) is 1. The average molecular weight is 351 g/mol. The molecule has 26 heavy (non-hydrogen) atoms. The number of fused-ring (bicyclic) bond motifs is 1. The lowest BCUT2D eigenvalue weighted by molar-refractivity contribution is -0.121. The van der Waals surface area contributed by atoms with Gasteiger partial charge in [-0.25, -0.2) is 0 Å². The van der Waals surface area contributed by atoms with Crippen molar-refractivity contribution in [3.8, 4) is 22.6 Å². The number of aromatic hydroxyl groups is 1. The molecule has 0 bridgehead atoms. The number of hydrogen-bond donors (Lipinski definition) is 3. The number of carbonyl (C=O) groups excluding carboxylic acids is 1. The predicted octanol–water partition coefficient (Wildman–Crippen LogP) is 2.82. The molecule has 1 aromatic heterocycles. The Morgan fingerprint density at radius 2 is 2.04 bits per heavy atom. The van der Waals surface area contributed by atoms with E-state index in [1.54, 1.807) is 36.5 Å². The van der Waals surface area contributed by atoms with Gasteiger partial charge >= 0.3 is 0 Å². The van der Waals surface area contributed by atoms with Gasteiger partial charge in [-0.2, -0.15) is 0 Å². The van der Waals surface area contributed by atoms with Crippen LogP contribution in [0.3, 0.4) is 0 Å². The van der Waals surface area contributed by atoms with Gasteiger partial charge in [0.1, 0.15) is 18.1 Å². The van der Waals surface area contributed by atoms with E-state index < -0.39 is 0 Å². The lowest BCUT2D eigenvalue weighted by Crippen LogP contribution is -2.32. The number of carbonyl (C=O) groups is 1. The normalized spacial score (nSPS) is 15.8. The van der Waals surface area contributed by atoms with Gasteiger partial charge in [-0.1, -0.05) is 17.3 Å². The molecule has 0 fully saturated rings. The number of phenolic OH excluding ortho intramolecular Hbond substituents is 1. The fourth-order valence-corrected chi connectivity index (χ4v) is 2.99.